The van der Waals surface area contributed by atoms with Gasteiger partial charge in [0.05, 0.1) is 11.4 Å². The zero-order chi connectivity index (χ0) is 21.8. The number of nitrogens with one attached hydrogen (secondary N) is 2. The first-order valence-electron chi connectivity index (χ1n) is 9.52. The maximum Gasteiger partial charge on any atom is 0.323 e. The second-order valence-electron chi connectivity index (χ2n) is 6.89. The minimum Gasteiger partial charge on any atom is -0.485 e. The third kappa shape index (κ3) is 4.87. The molecule has 0 saturated carbocycles. The van der Waals surface area contributed by atoms with Crippen molar-refractivity contribution >= 4 is 23.1 Å². The topological polar surface area (TPSA) is 84.7 Å². The number of benzene rings is 2. The molecule has 7 nitrogen and oxygen atoms in total. The van der Waals surface area contributed by atoms with Crippen molar-refractivity contribution < 1.29 is 13.9 Å². The Bertz CT molecular complexity index is 1320. The summed E-state index contributed by atoms with van der Waals surface area (Å²) in [5, 5.41) is 5.24. The minimum atomic E-state index is -0.542. The van der Waals surface area contributed by atoms with E-state index in [1.165, 1.54) is 28.7 Å². The lowest BCUT2D eigenvalue weighted by Crippen LogP contribution is -2.20. The van der Waals surface area contributed by atoms with E-state index in [-0.39, 0.29) is 12.2 Å². The third-order valence-electron chi connectivity index (χ3n) is 4.47. The monoisotopic (exact) mass is 418 g/mol. The molecule has 4 aromatic rings. The molecule has 8 heteroatoms. The summed E-state index contributed by atoms with van der Waals surface area (Å²) in [6, 6.07) is 17.0. The molecule has 156 valence electrons. The van der Waals surface area contributed by atoms with Crippen LogP contribution in [0.5, 0.6) is 5.75 Å². The first-order chi connectivity index (χ1) is 15.0. The summed E-state index contributed by atoms with van der Waals surface area (Å²) in [6.45, 7) is 1.97. The molecule has 0 unspecified atom stereocenters. The molecular formula is C23H19FN4O3. The lowest BCUT2D eigenvalue weighted by atomic mass is 10.3. The zero-order valence-corrected chi connectivity index (χ0v) is 16.6. The van der Waals surface area contributed by atoms with Gasteiger partial charge in [-0.1, -0.05) is 18.2 Å². The molecule has 0 radical (unpaired) electrons. The molecular weight excluding hydrogens is 399 g/mol. The summed E-state index contributed by atoms with van der Waals surface area (Å²) in [5.41, 5.74) is 2.53. The lowest BCUT2D eigenvalue weighted by molar-refractivity contribution is 0.261. The fourth-order valence-corrected chi connectivity index (χ4v) is 3.03. The van der Waals surface area contributed by atoms with Crippen molar-refractivity contribution in [1.29, 1.82) is 0 Å². The number of ether oxygens (including phenoxy) is 1. The van der Waals surface area contributed by atoms with E-state index < -0.39 is 11.8 Å². The molecule has 0 aliphatic rings. The molecule has 0 bridgehead atoms. The van der Waals surface area contributed by atoms with E-state index in [2.05, 4.69) is 15.6 Å². The highest BCUT2D eigenvalue weighted by Gasteiger charge is 2.10. The highest BCUT2D eigenvalue weighted by Crippen LogP contribution is 2.25. The van der Waals surface area contributed by atoms with Crippen LogP contribution < -0.4 is 20.9 Å². The maximum atomic E-state index is 13.3. The van der Waals surface area contributed by atoms with Gasteiger partial charge in [-0.05, 0) is 55.0 Å². The molecule has 0 atom stereocenters. The average molecular weight is 418 g/mol. The Balaban J connectivity index is 1.48. The lowest BCUT2D eigenvalue weighted by Gasteiger charge is -2.13. The summed E-state index contributed by atoms with van der Waals surface area (Å²) in [7, 11) is 0. The molecule has 0 aliphatic carbocycles. The van der Waals surface area contributed by atoms with E-state index in [1.807, 2.05) is 19.1 Å². The van der Waals surface area contributed by atoms with Gasteiger partial charge in [0.2, 0.25) is 0 Å². The summed E-state index contributed by atoms with van der Waals surface area (Å²) >= 11 is 0. The molecule has 2 heterocycles. The number of halogens is 1. The Morgan fingerprint density at radius 1 is 1.06 bits per heavy atom. The number of hydrogen-bond donors (Lipinski definition) is 2. The number of urea groups is 1. The molecule has 2 aromatic heterocycles. The quantitative estimate of drug-likeness (QED) is 0.504. The Labute approximate surface area is 177 Å². The van der Waals surface area contributed by atoms with E-state index in [1.54, 1.807) is 36.5 Å². The summed E-state index contributed by atoms with van der Waals surface area (Å²) in [6.07, 6.45) is 1.68. The Kier molecular flexibility index (Phi) is 5.61. The summed E-state index contributed by atoms with van der Waals surface area (Å²) < 4.78 is 20.6. The molecule has 2 amide bonds. The molecule has 2 N–H and O–H groups in total. The number of nitrogens with zero attached hydrogens (tertiary/aromatic N) is 2. The van der Waals surface area contributed by atoms with Crippen LogP contribution in [-0.2, 0) is 6.61 Å². The number of rotatable bonds is 5. The number of amides is 2. The highest BCUT2D eigenvalue weighted by atomic mass is 19.1. The molecule has 31 heavy (non-hydrogen) atoms. The standard InChI is InChI=1S/C23H19FN4O3/c1-15-9-10-28-21(11-15)25-18(13-22(28)29)14-31-20-8-3-2-7-19(20)27-23(30)26-17-6-4-5-16(24)12-17/h2-13H,14H2,1H3,(H2,26,27,30). The second-order valence-corrected chi connectivity index (χ2v) is 6.89. The Morgan fingerprint density at radius 3 is 2.74 bits per heavy atom. The van der Waals surface area contributed by atoms with Crippen molar-refractivity contribution in [3.63, 3.8) is 0 Å². The van der Waals surface area contributed by atoms with Crippen LogP contribution in [0, 0.1) is 12.7 Å². The van der Waals surface area contributed by atoms with Crippen molar-refractivity contribution in [3.05, 3.63) is 100 Å². The minimum absolute atomic E-state index is 0.0455. The molecule has 0 spiro atoms. The van der Waals surface area contributed by atoms with Crippen molar-refractivity contribution in [2.75, 3.05) is 10.6 Å². The van der Waals surface area contributed by atoms with Gasteiger partial charge in [0.1, 0.15) is 23.8 Å². The van der Waals surface area contributed by atoms with Crippen molar-refractivity contribution in [1.82, 2.24) is 9.38 Å². The largest absolute Gasteiger partial charge is 0.485 e. The molecule has 0 saturated heterocycles. The van der Waals surface area contributed by atoms with Crippen LogP contribution in [0.2, 0.25) is 0 Å². The van der Waals surface area contributed by atoms with E-state index >= 15 is 0 Å². The summed E-state index contributed by atoms with van der Waals surface area (Å²) in [5.74, 6) is -0.0429. The van der Waals surface area contributed by atoms with Gasteiger partial charge in [-0.2, -0.15) is 0 Å². The fourth-order valence-electron chi connectivity index (χ4n) is 3.03. The molecule has 0 aliphatic heterocycles. The van der Waals surface area contributed by atoms with Crippen LogP contribution in [-0.4, -0.2) is 15.4 Å². The molecule has 4 rings (SSSR count). The van der Waals surface area contributed by atoms with E-state index in [0.717, 1.165) is 5.56 Å². The van der Waals surface area contributed by atoms with Crippen LogP contribution in [0.4, 0.5) is 20.6 Å². The van der Waals surface area contributed by atoms with Gasteiger partial charge in [-0.3, -0.25) is 9.20 Å². The van der Waals surface area contributed by atoms with Crippen molar-refractivity contribution in [2.45, 2.75) is 13.5 Å². The first-order valence-corrected chi connectivity index (χ1v) is 9.52. The zero-order valence-electron chi connectivity index (χ0n) is 16.6. The summed E-state index contributed by atoms with van der Waals surface area (Å²) in [4.78, 5) is 29.1. The van der Waals surface area contributed by atoms with Crippen LogP contribution in [0.1, 0.15) is 11.3 Å². The number of carbonyl (C=O) groups is 1. The highest BCUT2D eigenvalue weighted by molar-refractivity contribution is 6.00. The second kappa shape index (κ2) is 8.66. The van der Waals surface area contributed by atoms with Gasteiger partial charge in [0.25, 0.3) is 5.56 Å². The number of fused-ring (bicyclic) bond motifs is 1. The predicted octanol–water partition coefficient (Wildman–Crippen LogP) is 4.37. The maximum absolute atomic E-state index is 13.3. The van der Waals surface area contributed by atoms with E-state index in [9.17, 15) is 14.0 Å². The third-order valence-corrected chi connectivity index (χ3v) is 4.47. The van der Waals surface area contributed by atoms with Crippen molar-refractivity contribution in [3.8, 4) is 5.75 Å². The first kappa shape index (κ1) is 20.1. The van der Waals surface area contributed by atoms with Crippen LogP contribution >= 0.6 is 0 Å². The SMILES string of the molecule is Cc1ccn2c(=O)cc(COc3ccccc3NC(=O)Nc3cccc(F)c3)nc2c1. The number of aromatic nitrogens is 2. The average Bonchev–Trinajstić information content (AvgIpc) is 2.73. The van der Waals surface area contributed by atoms with Gasteiger partial charge in [-0.15, -0.1) is 0 Å². The van der Waals surface area contributed by atoms with Crippen LogP contribution in [0.3, 0.4) is 0 Å². The van der Waals surface area contributed by atoms with E-state index in [4.69, 9.17) is 4.74 Å². The van der Waals surface area contributed by atoms with Gasteiger partial charge in [-0.25, -0.2) is 14.2 Å². The van der Waals surface area contributed by atoms with Gasteiger partial charge in [0, 0.05) is 18.0 Å². The van der Waals surface area contributed by atoms with Gasteiger partial charge < -0.3 is 15.4 Å². The van der Waals surface area contributed by atoms with E-state index in [0.29, 0.717) is 28.5 Å². The Morgan fingerprint density at radius 2 is 1.90 bits per heavy atom. The van der Waals surface area contributed by atoms with Crippen LogP contribution in [0.15, 0.2) is 77.7 Å². The Hall–Kier alpha value is -4.20. The normalized spacial score (nSPS) is 10.6. The number of hydrogen-bond acceptors (Lipinski definition) is 4. The fraction of sp³-hybridized carbons (Fsp3) is 0.0870. The number of pyridine rings is 1. The number of aryl methyl sites for hydroxylation is 1. The van der Waals surface area contributed by atoms with Gasteiger partial charge in [0.15, 0.2) is 0 Å². The van der Waals surface area contributed by atoms with Crippen molar-refractivity contribution in [2.24, 2.45) is 0 Å². The number of anilines is 2. The number of para-hydroxylation sites is 2. The molecule has 2 aromatic carbocycles. The predicted molar refractivity (Wildman–Crippen MR) is 116 cm³/mol. The smallest absolute Gasteiger partial charge is 0.323 e. The van der Waals surface area contributed by atoms with Crippen LogP contribution in [0.25, 0.3) is 5.65 Å². The van der Waals surface area contributed by atoms with Gasteiger partial charge >= 0.3 is 6.03 Å². The molecule has 0 fully saturated rings. The number of carbonyl (C=O) groups excluding carboxylic acids is 1.